The zero-order valence-electron chi connectivity index (χ0n) is 9.85. The Labute approximate surface area is 92.9 Å². The zero-order chi connectivity index (χ0) is 10.7. The Morgan fingerprint density at radius 1 is 1.27 bits per heavy atom. The summed E-state index contributed by atoms with van der Waals surface area (Å²) in [6, 6.07) is 0. The lowest BCUT2D eigenvalue weighted by atomic mass is 9.87. The molecule has 0 heterocycles. The summed E-state index contributed by atoms with van der Waals surface area (Å²) in [6.07, 6.45) is 12.9. The SMILES string of the molecule is CCC1(C(=O)/C2=C/CCCCCC2)CC1. The smallest absolute Gasteiger partial charge is 0.164 e. The Hall–Kier alpha value is -0.590. The maximum atomic E-state index is 12.3. The summed E-state index contributed by atoms with van der Waals surface area (Å²) in [5.41, 5.74) is 1.25. The number of Topliss-reactive ketones (excluding diaryl/α,β-unsaturated/α-hetero) is 1. The highest BCUT2D eigenvalue weighted by Gasteiger charge is 2.48. The number of rotatable bonds is 3. The first-order valence-electron chi connectivity index (χ1n) is 6.52. The van der Waals surface area contributed by atoms with Crippen molar-refractivity contribution in [3.8, 4) is 0 Å². The minimum atomic E-state index is 0.0883. The Morgan fingerprint density at radius 3 is 2.67 bits per heavy atom. The molecule has 15 heavy (non-hydrogen) atoms. The summed E-state index contributed by atoms with van der Waals surface area (Å²) < 4.78 is 0. The number of carbonyl (C=O) groups is 1. The van der Waals surface area contributed by atoms with Gasteiger partial charge in [0.1, 0.15) is 0 Å². The summed E-state index contributed by atoms with van der Waals surface area (Å²) in [5, 5.41) is 0. The van der Waals surface area contributed by atoms with Crippen LogP contribution in [0.4, 0.5) is 0 Å². The molecule has 0 aromatic rings. The van der Waals surface area contributed by atoms with Crippen LogP contribution in [-0.2, 0) is 4.79 Å². The van der Waals surface area contributed by atoms with Gasteiger partial charge in [0.15, 0.2) is 5.78 Å². The van der Waals surface area contributed by atoms with Gasteiger partial charge in [-0.25, -0.2) is 0 Å². The number of allylic oxidation sites excluding steroid dienone is 2. The molecule has 2 aliphatic carbocycles. The molecule has 1 nitrogen and oxygen atoms in total. The van der Waals surface area contributed by atoms with Gasteiger partial charge in [0.05, 0.1) is 0 Å². The molecule has 0 spiro atoms. The van der Waals surface area contributed by atoms with Crippen molar-refractivity contribution < 1.29 is 4.79 Å². The van der Waals surface area contributed by atoms with Gasteiger partial charge in [0.2, 0.25) is 0 Å². The van der Waals surface area contributed by atoms with Crippen LogP contribution in [0.1, 0.15) is 64.7 Å². The molecule has 0 aromatic carbocycles. The Kier molecular flexibility index (Phi) is 3.28. The summed E-state index contributed by atoms with van der Waals surface area (Å²) in [6.45, 7) is 2.16. The monoisotopic (exact) mass is 206 g/mol. The van der Waals surface area contributed by atoms with Gasteiger partial charge in [-0.15, -0.1) is 0 Å². The molecule has 1 saturated carbocycles. The lowest BCUT2D eigenvalue weighted by molar-refractivity contribution is -0.120. The van der Waals surface area contributed by atoms with Crippen molar-refractivity contribution in [1.29, 1.82) is 0 Å². The lowest BCUT2D eigenvalue weighted by Crippen LogP contribution is -2.17. The third-order valence-electron chi connectivity index (χ3n) is 4.09. The van der Waals surface area contributed by atoms with Crippen LogP contribution in [0.25, 0.3) is 0 Å². The summed E-state index contributed by atoms with van der Waals surface area (Å²) in [7, 11) is 0. The molecular formula is C14H22O. The van der Waals surface area contributed by atoms with E-state index in [-0.39, 0.29) is 5.41 Å². The van der Waals surface area contributed by atoms with E-state index in [4.69, 9.17) is 0 Å². The van der Waals surface area contributed by atoms with Gasteiger partial charge < -0.3 is 0 Å². The fourth-order valence-electron chi connectivity index (χ4n) is 2.63. The largest absolute Gasteiger partial charge is 0.294 e. The first kappa shape index (κ1) is 10.9. The second kappa shape index (κ2) is 4.51. The molecule has 0 N–H and O–H groups in total. The van der Waals surface area contributed by atoms with Crippen LogP contribution in [0.5, 0.6) is 0 Å². The normalized spacial score (nSPS) is 28.5. The first-order valence-corrected chi connectivity index (χ1v) is 6.52. The van der Waals surface area contributed by atoms with E-state index in [0.717, 1.165) is 37.7 Å². The molecule has 0 unspecified atom stereocenters. The number of ketones is 1. The van der Waals surface area contributed by atoms with Crippen molar-refractivity contribution in [3.05, 3.63) is 11.6 Å². The van der Waals surface area contributed by atoms with Gasteiger partial charge in [-0.1, -0.05) is 25.8 Å². The average Bonchev–Trinajstić information content (AvgIpc) is 2.97. The molecular weight excluding hydrogens is 184 g/mol. The summed E-state index contributed by atoms with van der Waals surface area (Å²) >= 11 is 0. The van der Waals surface area contributed by atoms with E-state index in [9.17, 15) is 4.79 Å². The zero-order valence-corrected chi connectivity index (χ0v) is 9.85. The van der Waals surface area contributed by atoms with E-state index in [1.165, 1.54) is 25.7 Å². The van der Waals surface area contributed by atoms with Crippen molar-refractivity contribution in [2.75, 3.05) is 0 Å². The second-order valence-electron chi connectivity index (χ2n) is 5.15. The van der Waals surface area contributed by atoms with E-state index < -0.39 is 0 Å². The van der Waals surface area contributed by atoms with Crippen molar-refractivity contribution >= 4 is 5.78 Å². The molecule has 84 valence electrons. The highest BCUT2D eigenvalue weighted by atomic mass is 16.1. The van der Waals surface area contributed by atoms with Crippen LogP contribution >= 0.6 is 0 Å². The second-order valence-corrected chi connectivity index (χ2v) is 5.15. The van der Waals surface area contributed by atoms with Crippen molar-refractivity contribution in [2.45, 2.75) is 64.7 Å². The fraction of sp³-hybridized carbons (Fsp3) is 0.786. The van der Waals surface area contributed by atoms with E-state index in [1.807, 2.05) is 0 Å². The van der Waals surface area contributed by atoms with Crippen molar-refractivity contribution in [1.82, 2.24) is 0 Å². The molecule has 2 aliphatic rings. The maximum absolute atomic E-state index is 12.3. The molecule has 1 fully saturated rings. The van der Waals surface area contributed by atoms with Gasteiger partial charge in [0.25, 0.3) is 0 Å². The number of hydrogen-bond acceptors (Lipinski definition) is 1. The molecule has 0 radical (unpaired) electrons. The van der Waals surface area contributed by atoms with E-state index in [1.54, 1.807) is 0 Å². The third kappa shape index (κ3) is 2.32. The average molecular weight is 206 g/mol. The van der Waals surface area contributed by atoms with E-state index >= 15 is 0 Å². The number of carbonyl (C=O) groups excluding carboxylic acids is 1. The quantitative estimate of drug-likeness (QED) is 0.681. The lowest BCUT2D eigenvalue weighted by Gasteiger charge is -2.16. The first-order chi connectivity index (χ1) is 7.28. The molecule has 0 amide bonds. The standard InChI is InChI=1S/C14H22O/c1-2-14(10-11-14)13(15)12-8-6-4-3-5-7-9-12/h8H,2-7,9-11H2,1H3/b12-8+. The van der Waals surface area contributed by atoms with Gasteiger partial charge >= 0.3 is 0 Å². The van der Waals surface area contributed by atoms with Crippen LogP contribution in [0.3, 0.4) is 0 Å². The minimum absolute atomic E-state index is 0.0883. The summed E-state index contributed by atoms with van der Waals surface area (Å²) in [5.74, 6) is 0.493. The maximum Gasteiger partial charge on any atom is 0.164 e. The van der Waals surface area contributed by atoms with Crippen LogP contribution in [0.15, 0.2) is 11.6 Å². The van der Waals surface area contributed by atoms with Crippen LogP contribution < -0.4 is 0 Å². The van der Waals surface area contributed by atoms with E-state index in [0.29, 0.717) is 5.78 Å². The van der Waals surface area contributed by atoms with Crippen molar-refractivity contribution in [2.24, 2.45) is 5.41 Å². The molecule has 0 saturated heterocycles. The van der Waals surface area contributed by atoms with Crippen LogP contribution in [0, 0.1) is 5.41 Å². The van der Waals surface area contributed by atoms with Crippen molar-refractivity contribution in [3.63, 3.8) is 0 Å². The highest BCUT2D eigenvalue weighted by molar-refractivity contribution is 6.01. The van der Waals surface area contributed by atoms with Crippen LogP contribution in [0.2, 0.25) is 0 Å². The number of hydrogen-bond donors (Lipinski definition) is 0. The Morgan fingerprint density at radius 2 is 2.00 bits per heavy atom. The van der Waals surface area contributed by atoms with E-state index in [2.05, 4.69) is 13.0 Å². The Balaban J connectivity index is 2.04. The van der Waals surface area contributed by atoms with Gasteiger partial charge in [-0.2, -0.15) is 0 Å². The Bertz CT molecular complexity index is 271. The van der Waals surface area contributed by atoms with Gasteiger partial charge in [0, 0.05) is 5.41 Å². The van der Waals surface area contributed by atoms with Gasteiger partial charge in [-0.3, -0.25) is 4.79 Å². The molecule has 1 heteroatoms. The molecule has 0 atom stereocenters. The van der Waals surface area contributed by atoms with Gasteiger partial charge in [-0.05, 0) is 50.5 Å². The summed E-state index contributed by atoms with van der Waals surface area (Å²) in [4.78, 5) is 12.3. The minimum Gasteiger partial charge on any atom is -0.294 e. The fourth-order valence-corrected chi connectivity index (χ4v) is 2.63. The topological polar surface area (TPSA) is 17.1 Å². The third-order valence-corrected chi connectivity index (χ3v) is 4.09. The molecule has 0 bridgehead atoms. The predicted octanol–water partition coefficient (Wildman–Crippen LogP) is 4.03. The highest BCUT2D eigenvalue weighted by Crippen LogP contribution is 2.51. The van der Waals surface area contributed by atoms with Crippen LogP contribution in [-0.4, -0.2) is 5.78 Å². The predicted molar refractivity (Wildman–Crippen MR) is 62.8 cm³/mol. The molecule has 0 aromatic heterocycles. The molecule has 0 aliphatic heterocycles. The molecule has 2 rings (SSSR count).